The molecular formula is C11H16N4S. The number of nitrogens with two attached hydrogens (primary N) is 1. The fourth-order valence-electron chi connectivity index (χ4n) is 1.62. The van der Waals surface area contributed by atoms with E-state index in [9.17, 15) is 0 Å². The molecule has 0 aliphatic carbocycles. The number of rotatable bonds is 4. The van der Waals surface area contributed by atoms with Gasteiger partial charge in [-0.3, -0.25) is 4.90 Å². The molecule has 1 unspecified atom stereocenters. The van der Waals surface area contributed by atoms with Crippen molar-refractivity contribution in [3.8, 4) is 0 Å². The number of hydrogen-bond acceptors (Lipinski definition) is 4. The van der Waals surface area contributed by atoms with Gasteiger partial charge in [0.15, 0.2) is 0 Å². The molecule has 0 radical (unpaired) electrons. The molecule has 0 aliphatic rings. The van der Waals surface area contributed by atoms with Crippen LogP contribution in [0.3, 0.4) is 0 Å². The third kappa shape index (κ3) is 2.32. The minimum absolute atomic E-state index is 0.130. The molecule has 1 atom stereocenters. The molecule has 0 amide bonds. The number of thiophene rings is 1. The Morgan fingerprint density at radius 3 is 3.00 bits per heavy atom. The Morgan fingerprint density at radius 2 is 2.38 bits per heavy atom. The van der Waals surface area contributed by atoms with E-state index in [2.05, 4.69) is 14.5 Å². The van der Waals surface area contributed by atoms with Crippen LogP contribution < -0.4 is 5.73 Å². The Hall–Kier alpha value is -1.17. The highest BCUT2D eigenvalue weighted by Gasteiger charge is 2.15. The van der Waals surface area contributed by atoms with Crippen LogP contribution in [0.15, 0.2) is 29.9 Å². The SMILES string of the molecule is CN(C)Cn1ccnc1C(N)c1cccs1. The third-order valence-corrected chi connectivity index (χ3v) is 3.27. The lowest BCUT2D eigenvalue weighted by atomic mass is 10.2. The lowest BCUT2D eigenvalue weighted by molar-refractivity contribution is 0.319. The summed E-state index contributed by atoms with van der Waals surface area (Å²) in [6.07, 6.45) is 3.76. The van der Waals surface area contributed by atoms with Gasteiger partial charge in [-0.1, -0.05) is 6.07 Å². The van der Waals surface area contributed by atoms with Crippen LogP contribution in [0.2, 0.25) is 0 Å². The zero-order chi connectivity index (χ0) is 11.5. The summed E-state index contributed by atoms with van der Waals surface area (Å²) in [6, 6.07) is 3.93. The van der Waals surface area contributed by atoms with Gasteiger partial charge in [0, 0.05) is 17.3 Å². The van der Waals surface area contributed by atoms with Crippen LogP contribution in [0, 0.1) is 0 Å². The van der Waals surface area contributed by atoms with E-state index >= 15 is 0 Å². The van der Waals surface area contributed by atoms with E-state index in [-0.39, 0.29) is 6.04 Å². The summed E-state index contributed by atoms with van der Waals surface area (Å²) in [7, 11) is 4.06. The molecule has 16 heavy (non-hydrogen) atoms. The molecule has 2 N–H and O–H groups in total. The molecule has 5 heteroatoms. The van der Waals surface area contributed by atoms with Gasteiger partial charge >= 0.3 is 0 Å². The van der Waals surface area contributed by atoms with Crippen LogP contribution in [-0.2, 0) is 6.67 Å². The quantitative estimate of drug-likeness (QED) is 0.875. The monoisotopic (exact) mass is 236 g/mol. The molecule has 0 aromatic carbocycles. The summed E-state index contributed by atoms with van der Waals surface area (Å²) < 4.78 is 2.07. The highest BCUT2D eigenvalue weighted by atomic mass is 32.1. The minimum Gasteiger partial charge on any atom is -0.320 e. The van der Waals surface area contributed by atoms with E-state index in [0.717, 1.165) is 17.4 Å². The zero-order valence-electron chi connectivity index (χ0n) is 9.50. The Morgan fingerprint density at radius 1 is 1.56 bits per heavy atom. The van der Waals surface area contributed by atoms with Crippen LogP contribution >= 0.6 is 11.3 Å². The Labute approximate surface area is 99.3 Å². The van der Waals surface area contributed by atoms with Gasteiger partial charge in [0.05, 0.1) is 12.7 Å². The maximum Gasteiger partial charge on any atom is 0.132 e. The molecule has 0 saturated heterocycles. The standard InChI is InChI=1S/C11H16N4S/c1-14(2)8-15-6-5-13-11(15)10(12)9-4-3-7-16-9/h3-7,10H,8,12H2,1-2H3. The second-order valence-electron chi connectivity index (χ2n) is 3.97. The van der Waals surface area contributed by atoms with E-state index in [1.165, 1.54) is 0 Å². The van der Waals surface area contributed by atoms with Gasteiger partial charge in [-0.15, -0.1) is 11.3 Å². The molecule has 2 heterocycles. The van der Waals surface area contributed by atoms with Crippen LogP contribution in [0.25, 0.3) is 0 Å². The molecule has 2 rings (SSSR count). The van der Waals surface area contributed by atoms with Crippen LogP contribution in [0.5, 0.6) is 0 Å². The van der Waals surface area contributed by atoms with Crippen molar-refractivity contribution < 1.29 is 0 Å². The highest BCUT2D eigenvalue weighted by Crippen LogP contribution is 2.22. The summed E-state index contributed by atoms with van der Waals surface area (Å²) in [4.78, 5) is 7.58. The topological polar surface area (TPSA) is 47.1 Å². The van der Waals surface area contributed by atoms with Gasteiger partial charge in [0.25, 0.3) is 0 Å². The first kappa shape index (κ1) is 11.3. The van der Waals surface area contributed by atoms with Crippen molar-refractivity contribution in [2.45, 2.75) is 12.7 Å². The lowest BCUT2D eigenvalue weighted by Gasteiger charge is -2.16. The highest BCUT2D eigenvalue weighted by molar-refractivity contribution is 7.10. The molecule has 2 aromatic heterocycles. The second kappa shape index (κ2) is 4.78. The fourth-order valence-corrected chi connectivity index (χ4v) is 2.34. The predicted octanol–water partition coefficient (Wildman–Crippen LogP) is 1.51. The predicted molar refractivity (Wildman–Crippen MR) is 66.3 cm³/mol. The van der Waals surface area contributed by atoms with Crippen LogP contribution in [0.1, 0.15) is 16.7 Å². The van der Waals surface area contributed by atoms with Crippen LogP contribution in [0.4, 0.5) is 0 Å². The molecule has 0 bridgehead atoms. The fraction of sp³-hybridized carbons (Fsp3) is 0.364. The van der Waals surface area contributed by atoms with E-state index in [4.69, 9.17) is 5.73 Å². The number of imidazole rings is 1. The average molecular weight is 236 g/mol. The molecule has 86 valence electrons. The van der Waals surface area contributed by atoms with Gasteiger partial charge < -0.3 is 10.3 Å². The molecule has 2 aromatic rings. The number of nitrogens with zero attached hydrogens (tertiary/aromatic N) is 3. The molecule has 0 fully saturated rings. The van der Waals surface area contributed by atoms with Gasteiger partial charge in [-0.25, -0.2) is 4.98 Å². The Bertz CT molecular complexity index is 433. The van der Waals surface area contributed by atoms with Gasteiger partial charge in [-0.2, -0.15) is 0 Å². The van der Waals surface area contributed by atoms with E-state index < -0.39 is 0 Å². The average Bonchev–Trinajstić information content (AvgIpc) is 2.84. The van der Waals surface area contributed by atoms with Crippen molar-refractivity contribution in [3.05, 3.63) is 40.6 Å². The number of hydrogen-bond donors (Lipinski definition) is 1. The maximum atomic E-state index is 6.19. The third-order valence-electron chi connectivity index (χ3n) is 2.31. The first-order valence-electron chi connectivity index (χ1n) is 5.13. The lowest BCUT2D eigenvalue weighted by Crippen LogP contribution is -2.22. The summed E-state index contributed by atoms with van der Waals surface area (Å²) in [5, 5.41) is 2.04. The van der Waals surface area contributed by atoms with Crippen molar-refractivity contribution in [1.29, 1.82) is 0 Å². The van der Waals surface area contributed by atoms with Gasteiger partial charge in [-0.05, 0) is 25.5 Å². The molecule has 4 nitrogen and oxygen atoms in total. The van der Waals surface area contributed by atoms with Gasteiger partial charge in [0.1, 0.15) is 5.82 Å². The first-order valence-corrected chi connectivity index (χ1v) is 6.01. The Kier molecular flexibility index (Phi) is 3.38. The number of aromatic nitrogens is 2. The van der Waals surface area contributed by atoms with Crippen molar-refractivity contribution in [2.75, 3.05) is 14.1 Å². The molecule has 0 aliphatic heterocycles. The normalized spacial score (nSPS) is 13.2. The smallest absolute Gasteiger partial charge is 0.132 e. The summed E-state index contributed by atoms with van der Waals surface area (Å²) in [5.74, 6) is 0.913. The Balaban J connectivity index is 2.23. The van der Waals surface area contributed by atoms with Gasteiger partial charge in [0.2, 0.25) is 0 Å². The van der Waals surface area contributed by atoms with Crippen molar-refractivity contribution in [2.24, 2.45) is 5.73 Å². The second-order valence-corrected chi connectivity index (χ2v) is 4.95. The molecular weight excluding hydrogens is 220 g/mol. The van der Waals surface area contributed by atoms with E-state index in [0.29, 0.717) is 0 Å². The molecule has 0 spiro atoms. The summed E-state index contributed by atoms with van der Waals surface area (Å²) in [5.41, 5.74) is 6.19. The van der Waals surface area contributed by atoms with Crippen molar-refractivity contribution >= 4 is 11.3 Å². The minimum atomic E-state index is -0.130. The van der Waals surface area contributed by atoms with E-state index in [1.54, 1.807) is 17.5 Å². The van der Waals surface area contributed by atoms with Crippen LogP contribution in [-0.4, -0.2) is 28.5 Å². The summed E-state index contributed by atoms with van der Waals surface area (Å²) in [6.45, 7) is 0.800. The van der Waals surface area contributed by atoms with E-state index in [1.807, 2.05) is 37.8 Å². The summed E-state index contributed by atoms with van der Waals surface area (Å²) >= 11 is 1.66. The van der Waals surface area contributed by atoms with Crippen molar-refractivity contribution in [1.82, 2.24) is 14.5 Å². The van der Waals surface area contributed by atoms with Crippen molar-refractivity contribution in [3.63, 3.8) is 0 Å². The molecule has 0 saturated carbocycles. The largest absolute Gasteiger partial charge is 0.320 e. The first-order chi connectivity index (χ1) is 7.68. The maximum absolute atomic E-state index is 6.19. The zero-order valence-corrected chi connectivity index (χ0v) is 10.3.